The Morgan fingerprint density at radius 2 is 1.38 bits per heavy atom. The van der Waals surface area contributed by atoms with E-state index < -0.39 is 0 Å². The molecule has 0 heterocycles. The van der Waals surface area contributed by atoms with Crippen LogP contribution in [0.4, 0.5) is 0 Å². The summed E-state index contributed by atoms with van der Waals surface area (Å²) in [6.45, 7) is 3.81. The van der Waals surface area contributed by atoms with Crippen LogP contribution in [0.3, 0.4) is 0 Å². The predicted molar refractivity (Wildman–Crippen MR) is 127 cm³/mol. The second-order valence-electron chi connectivity index (χ2n) is 7.26. The van der Waals surface area contributed by atoms with Crippen molar-refractivity contribution in [2.45, 2.75) is 13.3 Å². The number of ether oxygens (including phenoxy) is 1. The zero-order chi connectivity index (χ0) is 20.6. The summed E-state index contributed by atoms with van der Waals surface area (Å²) in [4.78, 5) is 2.12. The van der Waals surface area contributed by atoms with E-state index in [1.54, 1.807) is 0 Å². The van der Waals surface area contributed by atoms with E-state index in [1.165, 1.54) is 27.8 Å². The van der Waals surface area contributed by atoms with Gasteiger partial charge in [0.05, 0.1) is 0 Å². The van der Waals surface area contributed by atoms with Crippen LogP contribution in [0.1, 0.15) is 30.0 Å². The second kappa shape index (κ2) is 10.4. The minimum absolute atomic E-state index is 0.686. The summed E-state index contributed by atoms with van der Waals surface area (Å²) in [6.07, 6.45) is 0.955. The monoisotopic (exact) mass is 449 g/mol. The Hall–Kier alpha value is -2.36. The van der Waals surface area contributed by atoms with Gasteiger partial charge in [0, 0.05) is 11.0 Å². The summed E-state index contributed by atoms with van der Waals surface area (Å²) in [6, 6.07) is 27.7. The van der Waals surface area contributed by atoms with Gasteiger partial charge in [-0.25, -0.2) is 0 Å². The lowest BCUT2D eigenvalue weighted by Gasteiger charge is -2.17. The smallest absolute Gasteiger partial charge is 0.119 e. The molecule has 29 heavy (non-hydrogen) atoms. The van der Waals surface area contributed by atoms with Crippen molar-refractivity contribution in [2.24, 2.45) is 0 Å². The van der Waals surface area contributed by atoms with E-state index in [2.05, 4.69) is 121 Å². The first kappa shape index (κ1) is 21.4. The number of allylic oxidation sites excluding steroid dienone is 1. The van der Waals surface area contributed by atoms with E-state index in [-0.39, 0.29) is 0 Å². The fraction of sp³-hybridized carbons (Fsp3) is 0.231. The van der Waals surface area contributed by atoms with Crippen LogP contribution in [0.25, 0.3) is 11.1 Å². The van der Waals surface area contributed by atoms with Gasteiger partial charge in [-0.15, -0.1) is 0 Å². The molecule has 0 aliphatic carbocycles. The first-order chi connectivity index (χ1) is 14.1. The molecule has 0 atom stereocenters. The summed E-state index contributed by atoms with van der Waals surface area (Å²) in [7, 11) is 4.11. The van der Waals surface area contributed by atoms with Crippen molar-refractivity contribution in [3.63, 3.8) is 0 Å². The molecule has 0 aromatic heterocycles. The fourth-order valence-electron chi connectivity index (χ4n) is 3.36. The maximum atomic E-state index is 5.88. The lowest BCUT2D eigenvalue weighted by Crippen LogP contribution is -2.19. The molecule has 0 fully saturated rings. The van der Waals surface area contributed by atoms with E-state index in [4.69, 9.17) is 4.74 Å². The number of likely N-dealkylation sites (N-methyl/N-ethyl adjacent to an activating group) is 1. The number of halogens is 1. The van der Waals surface area contributed by atoms with E-state index in [9.17, 15) is 0 Å². The Balaban J connectivity index is 2.02. The van der Waals surface area contributed by atoms with Crippen molar-refractivity contribution in [3.8, 4) is 5.75 Å². The number of nitrogens with zero attached hydrogens (tertiary/aromatic N) is 1. The van der Waals surface area contributed by atoms with Crippen molar-refractivity contribution in [1.29, 1.82) is 0 Å². The Labute approximate surface area is 183 Å². The molecule has 3 aromatic carbocycles. The van der Waals surface area contributed by atoms with Gasteiger partial charge in [-0.3, -0.25) is 0 Å². The Morgan fingerprint density at radius 3 is 1.93 bits per heavy atom. The van der Waals surface area contributed by atoms with Gasteiger partial charge in [-0.2, -0.15) is 0 Å². The van der Waals surface area contributed by atoms with Crippen molar-refractivity contribution in [2.75, 3.05) is 27.2 Å². The summed E-state index contributed by atoms with van der Waals surface area (Å²) in [5.74, 6) is 0.906. The summed E-state index contributed by atoms with van der Waals surface area (Å²) in [5, 5.41) is 0. The third-order valence-electron chi connectivity index (χ3n) is 4.86. The normalized spacial score (nSPS) is 12.0. The van der Waals surface area contributed by atoms with Crippen LogP contribution in [-0.4, -0.2) is 32.1 Å². The van der Waals surface area contributed by atoms with Crippen LogP contribution >= 0.6 is 15.9 Å². The predicted octanol–water partition coefficient (Wildman–Crippen LogP) is 6.76. The lowest BCUT2D eigenvalue weighted by molar-refractivity contribution is 0.261. The van der Waals surface area contributed by atoms with Crippen molar-refractivity contribution in [1.82, 2.24) is 4.90 Å². The van der Waals surface area contributed by atoms with Crippen LogP contribution in [0.5, 0.6) is 5.75 Å². The minimum Gasteiger partial charge on any atom is -0.492 e. The molecule has 0 saturated carbocycles. The standard InChI is InChI=1S/C26H28BrNO/c1-4-25(20-8-6-5-7-9-20)26(21-10-14-23(27)15-11-21)22-12-16-24(17-13-22)29-19-18-28(2)3/h5-17H,4,18-19H2,1-3H3/b26-25-. The molecule has 3 heteroatoms. The van der Waals surface area contributed by atoms with E-state index >= 15 is 0 Å². The summed E-state index contributed by atoms with van der Waals surface area (Å²) in [5.41, 5.74) is 6.29. The second-order valence-corrected chi connectivity index (χ2v) is 8.17. The van der Waals surface area contributed by atoms with Gasteiger partial charge in [0.15, 0.2) is 0 Å². The van der Waals surface area contributed by atoms with Crippen molar-refractivity contribution < 1.29 is 4.74 Å². The third-order valence-corrected chi connectivity index (χ3v) is 5.39. The number of hydrogen-bond donors (Lipinski definition) is 0. The molecule has 0 radical (unpaired) electrons. The van der Waals surface area contributed by atoms with Crippen LogP contribution in [0.2, 0.25) is 0 Å². The van der Waals surface area contributed by atoms with Gasteiger partial charge in [-0.1, -0.05) is 77.5 Å². The highest BCUT2D eigenvalue weighted by Gasteiger charge is 2.13. The molecule has 3 rings (SSSR count). The maximum absolute atomic E-state index is 5.88. The third kappa shape index (κ3) is 5.81. The number of benzene rings is 3. The average molecular weight is 450 g/mol. The van der Waals surface area contributed by atoms with Crippen LogP contribution in [-0.2, 0) is 0 Å². The first-order valence-electron chi connectivity index (χ1n) is 10.0. The molecule has 0 bridgehead atoms. The van der Waals surface area contributed by atoms with Gasteiger partial charge < -0.3 is 9.64 Å². The zero-order valence-electron chi connectivity index (χ0n) is 17.4. The molecule has 2 nitrogen and oxygen atoms in total. The molecule has 0 N–H and O–H groups in total. The highest BCUT2D eigenvalue weighted by molar-refractivity contribution is 9.10. The molecule has 0 saturated heterocycles. The molecule has 0 amide bonds. The SMILES string of the molecule is CC/C(=C(\c1ccc(Br)cc1)c1ccc(OCCN(C)C)cc1)c1ccccc1. The van der Waals surface area contributed by atoms with E-state index in [0.717, 1.165) is 23.2 Å². The summed E-state index contributed by atoms with van der Waals surface area (Å²) < 4.78 is 6.97. The largest absolute Gasteiger partial charge is 0.492 e. The quantitative estimate of drug-likeness (QED) is 0.352. The topological polar surface area (TPSA) is 12.5 Å². The van der Waals surface area contributed by atoms with E-state index in [0.29, 0.717) is 6.61 Å². The van der Waals surface area contributed by atoms with Crippen molar-refractivity contribution >= 4 is 27.1 Å². The van der Waals surface area contributed by atoms with Crippen molar-refractivity contribution in [3.05, 3.63) is 100 Å². The molecule has 3 aromatic rings. The maximum Gasteiger partial charge on any atom is 0.119 e. The lowest BCUT2D eigenvalue weighted by atomic mass is 9.88. The van der Waals surface area contributed by atoms with Crippen LogP contribution in [0.15, 0.2) is 83.3 Å². The first-order valence-corrected chi connectivity index (χ1v) is 10.8. The zero-order valence-corrected chi connectivity index (χ0v) is 18.9. The number of rotatable bonds is 8. The average Bonchev–Trinajstić information content (AvgIpc) is 2.74. The fourth-order valence-corrected chi connectivity index (χ4v) is 3.62. The molecular weight excluding hydrogens is 422 g/mol. The Kier molecular flexibility index (Phi) is 7.68. The highest BCUT2D eigenvalue weighted by atomic mass is 79.9. The highest BCUT2D eigenvalue weighted by Crippen LogP contribution is 2.35. The summed E-state index contributed by atoms with van der Waals surface area (Å²) >= 11 is 3.56. The van der Waals surface area contributed by atoms with Crippen LogP contribution in [0, 0.1) is 0 Å². The van der Waals surface area contributed by atoms with Gasteiger partial charge in [0.1, 0.15) is 12.4 Å². The van der Waals surface area contributed by atoms with Gasteiger partial charge >= 0.3 is 0 Å². The Morgan fingerprint density at radius 1 is 0.793 bits per heavy atom. The van der Waals surface area contributed by atoms with Gasteiger partial charge in [0.2, 0.25) is 0 Å². The van der Waals surface area contributed by atoms with Gasteiger partial charge in [-0.05, 0) is 72.6 Å². The van der Waals surface area contributed by atoms with Crippen LogP contribution < -0.4 is 4.74 Å². The number of hydrogen-bond acceptors (Lipinski definition) is 2. The molecule has 0 aliphatic rings. The minimum atomic E-state index is 0.686. The molecule has 0 unspecified atom stereocenters. The molecule has 150 valence electrons. The van der Waals surface area contributed by atoms with Gasteiger partial charge in [0.25, 0.3) is 0 Å². The Bertz CT molecular complexity index is 929. The molecule has 0 spiro atoms. The van der Waals surface area contributed by atoms with E-state index in [1.807, 2.05) is 0 Å². The molecule has 0 aliphatic heterocycles. The molecular formula is C26H28BrNO.